The molecule has 0 aliphatic carbocycles. The van der Waals surface area contributed by atoms with Crippen LogP contribution in [-0.2, 0) is 24.3 Å². The Morgan fingerprint density at radius 2 is 2.09 bits per heavy atom. The van der Waals surface area contributed by atoms with Crippen LogP contribution in [0.5, 0.6) is 0 Å². The van der Waals surface area contributed by atoms with Gasteiger partial charge in [0.1, 0.15) is 6.61 Å². The molecule has 1 aromatic heterocycles. The maximum absolute atomic E-state index is 12.3. The van der Waals surface area contributed by atoms with E-state index >= 15 is 0 Å². The predicted molar refractivity (Wildman–Crippen MR) is 87.7 cm³/mol. The highest BCUT2D eigenvalue weighted by Gasteiger charge is 2.24. The van der Waals surface area contributed by atoms with E-state index in [0.717, 1.165) is 29.0 Å². The Hall–Kier alpha value is -1.92. The Balaban J connectivity index is 1.65. The molecule has 1 amide bonds. The lowest BCUT2D eigenvalue weighted by atomic mass is 10.2. The molecule has 0 saturated heterocycles. The first-order chi connectivity index (χ1) is 11.1. The molecule has 0 N–H and O–H groups in total. The van der Waals surface area contributed by atoms with Crippen molar-refractivity contribution in [3.8, 4) is 0 Å². The highest BCUT2D eigenvalue weighted by molar-refractivity contribution is 7.15. The molecule has 1 aliphatic rings. The van der Waals surface area contributed by atoms with Crippen LogP contribution >= 0.6 is 22.9 Å². The van der Waals surface area contributed by atoms with E-state index in [-0.39, 0.29) is 17.7 Å². The van der Waals surface area contributed by atoms with E-state index < -0.39 is 5.24 Å². The van der Waals surface area contributed by atoms with Crippen molar-refractivity contribution in [1.29, 1.82) is 0 Å². The molecule has 0 fully saturated rings. The summed E-state index contributed by atoms with van der Waals surface area (Å²) in [6, 6.07) is 9.55. The van der Waals surface area contributed by atoms with Crippen molar-refractivity contribution in [3.05, 3.63) is 51.5 Å². The fourth-order valence-corrected chi connectivity index (χ4v) is 3.56. The van der Waals surface area contributed by atoms with Crippen molar-refractivity contribution in [2.45, 2.75) is 26.0 Å². The Bertz CT molecular complexity index is 717. The van der Waals surface area contributed by atoms with E-state index in [1.165, 1.54) is 11.3 Å². The molecule has 120 valence electrons. The molecule has 0 atom stereocenters. The normalized spacial score (nSPS) is 14.0. The number of aryl methyl sites for hydroxylation is 1. The summed E-state index contributed by atoms with van der Waals surface area (Å²) in [7, 11) is 0. The molecule has 0 saturated carbocycles. The Labute approximate surface area is 142 Å². The molecule has 23 heavy (non-hydrogen) atoms. The van der Waals surface area contributed by atoms with Gasteiger partial charge in [-0.15, -0.1) is 11.3 Å². The summed E-state index contributed by atoms with van der Waals surface area (Å²) < 4.78 is 5.37. The van der Waals surface area contributed by atoms with Crippen LogP contribution in [0.2, 0.25) is 0 Å². The van der Waals surface area contributed by atoms with Crippen LogP contribution in [0.4, 0.5) is 4.79 Å². The number of carbonyl (C=O) groups is 2. The third kappa shape index (κ3) is 3.89. The number of fused-ring (bicyclic) bond motifs is 1. The predicted octanol–water partition coefficient (Wildman–Crippen LogP) is 3.61. The summed E-state index contributed by atoms with van der Waals surface area (Å²) in [5.74, 6) is 0. The number of benzene rings is 1. The largest absolute Gasteiger partial charge is 0.445 e. The van der Waals surface area contributed by atoms with Crippen LogP contribution in [-0.4, -0.2) is 27.8 Å². The molecular formula is C16H15ClN2O3S. The zero-order valence-electron chi connectivity index (χ0n) is 12.3. The van der Waals surface area contributed by atoms with E-state index in [1.54, 1.807) is 4.90 Å². The number of hydrogen-bond acceptors (Lipinski definition) is 5. The first-order valence-corrected chi connectivity index (χ1v) is 8.47. The SMILES string of the molecule is O=C(Cl)c1nc2c(s1)CN(C(=O)OCc1ccccc1)CCC2. The number of nitrogens with zero attached hydrogens (tertiary/aromatic N) is 2. The van der Waals surface area contributed by atoms with Gasteiger partial charge in [-0.05, 0) is 30.0 Å². The lowest BCUT2D eigenvalue weighted by Gasteiger charge is -2.19. The van der Waals surface area contributed by atoms with Gasteiger partial charge in [0, 0.05) is 11.4 Å². The molecule has 0 bridgehead atoms. The second-order valence-electron chi connectivity index (χ2n) is 5.23. The third-order valence-electron chi connectivity index (χ3n) is 3.59. The van der Waals surface area contributed by atoms with Crippen molar-refractivity contribution in [3.63, 3.8) is 0 Å². The smallest absolute Gasteiger partial charge is 0.410 e. The number of ether oxygens (including phenoxy) is 1. The number of aromatic nitrogens is 1. The topological polar surface area (TPSA) is 59.5 Å². The maximum Gasteiger partial charge on any atom is 0.410 e. The number of halogens is 1. The van der Waals surface area contributed by atoms with Crippen molar-refractivity contribution >= 4 is 34.3 Å². The van der Waals surface area contributed by atoms with Gasteiger partial charge in [-0.2, -0.15) is 0 Å². The molecule has 0 spiro atoms. The van der Waals surface area contributed by atoms with E-state index in [1.807, 2.05) is 30.3 Å². The minimum absolute atomic E-state index is 0.247. The van der Waals surface area contributed by atoms with Crippen LogP contribution < -0.4 is 0 Å². The fourth-order valence-electron chi connectivity index (χ4n) is 2.44. The van der Waals surface area contributed by atoms with Gasteiger partial charge in [-0.1, -0.05) is 30.3 Å². The molecule has 2 heterocycles. The molecule has 1 aliphatic heterocycles. The average Bonchev–Trinajstić information content (AvgIpc) is 2.86. The number of rotatable bonds is 3. The van der Waals surface area contributed by atoms with Gasteiger partial charge in [0.2, 0.25) is 0 Å². The number of hydrogen-bond donors (Lipinski definition) is 0. The van der Waals surface area contributed by atoms with E-state index in [2.05, 4.69) is 4.98 Å². The van der Waals surface area contributed by atoms with Gasteiger partial charge in [0.05, 0.1) is 12.2 Å². The zero-order chi connectivity index (χ0) is 16.2. The minimum atomic E-state index is -0.554. The van der Waals surface area contributed by atoms with Crippen molar-refractivity contribution in [2.24, 2.45) is 0 Å². The minimum Gasteiger partial charge on any atom is -0.445 e. The maximum atomic E-state index is 12.3. The van der Waals surface area contributed by atoms with Gasteiger partial charge in [0.15, 0.2) is 5.01 Å². The summed E-state index contributed by atoms with van der Waals surface area (Å²) in [4.78, 5) is 30.3. The van der Waals surface area contributed by atoms with Gasteiger partial charge >= 0.3 is 6.09 Å². The Morgan fingerprint density at radius 3 is 2.83 bits per heavy atom. The van der Waals surface area contributed by atoms with Crippen LogP contribution in [0.3, 0.4) is 0 Å². The number of carbonyl (C=O) groups excluding carboxylic acids is 2. The summed E-state index contributed by atoms with van der Waals surface area (Å²) >= 11 is 6.73. The molecule has 2 aromatic rings. The van der Waals surface area contributed by atoms with E-state index in [9.17, 15) is 9.59 Å². The van der Waals surface area contributed by atoms with Crippen molar-refractivity contribution in [1.82, 2.24) is 9.88 Å². The standard InChI is InChI=1S/C16H15ClN2O3S/c17-14(20)15-18-12-7-4-8-19(9-13(12)23-15)16(21)22-10-11-5-2-1-3-6-11/h1-3,5-6H,4,7-10H2. The first-order valence-electron chi connectivity index (χ1n) is 7.27. The molecule has 0 unspecified atom stereocenters. The highest BCUT2D eigenvalue weighted by Crippen LogP contribution is 2.26. The van der Waals surface area contributed by atoms with Crippen LogP contribution in [0, 0.1) is 0 Å². The third-order valence-corrected chi connectivity index (χ3v) is 4.96. The quantitative estimate of drug-likeness (QED) is 0.793. The van der Waals surface area contributed by atoms with Gasteiger partial charge in [-0.3, -0.25) is 4.79 Å². The molecule has 1 aromatic carbocycles. The average molecular weight is 351 g/mol. The van der Waals surface area contributed by atoms with Gasteiger partial charge in [-0.25, -0.2) is 9.78 Å². The molecule has 3 rings (SSSR count). The van der Waals surface area contributed by atoms with Crippen molar-refractivity contribution < 1.29 is 14.3 Å². The van der Waals surface area contributed by atoms with Gasteiger partial charge in [0.25, 0.3) is 5.24 Å². The molecular weight excluding hydrogens is 336 g/mol. The Morgan fingerprint density at radius 1 is 1.30 bits per heavy atom. The summed E-state index contributed by atoms with van der Waals surface area (Å²) in [5.41, 5.74) is 1.81. The lowest BCUT2D eigenvalue weighted by molar-refractivity contribution is 0.0945. The first kappa shape index (κ1) is 16.0. The highest BCUT2D eigenvalue weighted by atomic mass is 35.5. The van der Waals surface area contributed by atoms with Gasteiger partial charge < -0.3 is 9.64 Å². The molecule has 0 radical (unpaired) electrons. The van der Waals surface area contributed by atoms with Crippen LogP contribution in [0.1, 0.15) is 32.4 Å². The molecule has 5 nitrogen and oxygen atoms in total. The van der Waals surface area contributed by atoms with Crippen molar-refractivity contribution in [2.75, 3.05) is 6.54 Å². The van der Waals surface area contributed by atoms with E-state index in [4.69, 9.17) is 16.3 Å². The number of amides is 1. The van der Waals surface area contributed by atoms with Crippen LogP contribution in [0.25, 0.3) is 0 Å². The Kier molecular flexibility index (Phi) is 4.93. The second kappa shape index (κ2) is 7.10. The second-order valence-corrected chi connectivity index (χ2v) is 6.65. The summed E-state index contributed by atoms with van der Waals surface area (Å²) in [5, 5.41) is -0.266. The summed E-state index contributed by atoms with van der Waals surface area (Å²) in [6.07, 6.45) is 1.17. The monoisotopic (exact) mass is 350 g/mol. The molecule has 7 heteroatoms. The lowest BCUT2D eigenvalue weighted by Crippen LogP contribution is -2.31. The number of thiazole rings is 1. The zero-order valence-corrected chi connectivity index (χ0v) is 13.9. The van der Waals surface area contributed by atoms with Crippen LogP contribution in [0.15, 0.2) is 30.3 Å². The summed E-state index contributed by atoms with van der Waals surface area (Å²) in [6.45, 7) is 1.27. The van der Waals surface area contributed by atoms with E-state index in [0.29, 0.717) is 13.1 Å². The fraction of sp³-hybridized carbons (Fsp3) is 0.312.